The zero-order valence-electron chi connectivity index (χ0n) is 12.2. The highest BCUT2D eigenvalue weighted by molar-refractivity contribution is 8.00. The molecule has 0 amide bonds. The van der Waals surface area contributed by atoms with Crippen molar-refractivity contribution in [3.63, 3.8) is 0 Å². The van der Waals surface area contributed by atoms with Gasteiger partial charge < -0.3 is 10.1 Å². The second-order valence-corrected chi connectivity index (χ2v) is 7.17. The minimum atomic E-state index is 0.383. The minimum absolute atomic E-state index is 0.383. The molecule has 1 heterocycles. The molecule has 0 saturated carbocycles. The summed E-state index contributed by atoms with van der Waals surface area (Å²) in [6.45, 7) is 5.69. The predicted octanol–water partition coefficient (Wildman–Crippen LogP) is 4.02. The highest BCUT2D eigenvalue weighted by atomic mass is 32.2. The van der Waals surface area contributed by atoms with Crippen LogP contribution in [0.3, 0.4) is 0 Å². The molecule has 1 aliphatic heterocycles. The van der Waals surface area contributed by atoms with Gasteiger partial charge in [-0.05, 0) is 38.0 Å². The highest BCUT2D eigenvalue weighted by Crippen LogP contribution is 2.38. The Morgan fingerprint density at radius 1 is 1.42 bits per heavy atom. The van der Waals surface area contributed by atoms with Crippen molar-refractivity contribution in [1.29, 1.82) is 0 Å². The molecule has 2 unspecified atom stereocenters. The van der Waals surface area contributed by atoms with Gasteiger partial charge in [0.2, 0.25) is 0 Å². The molecule has 1 aromatic rings. The molecule has 2 rings (SSSR count). The third kappa shape index (κ3) is 3.67. The van der Waals surface area contributed by atoms with Gasteiger partial charge in [0.05, 0.1) is 7.11 Å². The lowest BCUT2D eigenvalue weighted by Crippen LogP contribution is -2.35. The van der Waals surface area contributed by atoms with Crippen LogP contribution in [-0.2, 0) is 0 Å². The van der Waals surface area contributed by atoms with E-state index in [2.05, 4.69) is 43.1 Å². The molecule has 0 radical (unpaired) electrons. The van der Waals surface area contributed by atoms with Gasteiger partial charge in [0.25, 0.3) is 0 Å². The van der Waals surface area contributed by atoms with Crippen LogP contribution in [0.1, 0.15) is 44.7 Å². The van der Waals surface area contributed by atoms with Crippen LogP contribution in [0.2, 0.25) is 0 Å². The van der Waals surface area contributed by atoms with Crippen LogP contribution < -0.4 is 10.1 Å². The van der Waals surface area contributed by atoms with E-state index in [0.29, 0.717) is 10.8 Å². The Bertz CT molecular complexity index is 401. The van der Waals surface area contributed by atoms with E-state index in [0.717, 1.165) is 18.7 Å². The number of ether oxygens (including phenoxy) is 1. The Kier molecular flexibility index (Phi) is 5.17. The maximum Gasteiger partial charge on any atom is 0.123 e. The van der Waals surface area contributed by atoms with E-state index in [-0.39, 0.29) is 0 Å². The first kappa shape index (κ1) is 14.7. The summed E-state index contributed by atoms with van der Waals surface area (Å²) in [7, 11) is 1.75. The zero-order chi connectivity index (χ0) is 13.7. The molecule has 19 heavy (non-hydrogen) atoms. The fraction of sp³-hybridized carbons (Fsp3) is 0.625. The van der Waals surface area contributed by atoms with E-state index in [1.165, 1.54) is 24.2 Å². The average molecular weight is 279 g/mol. The first-order chi connectivity index (χ1) is 9.18. The van der Waals surface area contributed by atoms with Crippen LogP contribution in [0.25, 0.3) is 0 Å². The molecule has 1 aromatic carbocycles. The van der Waals surface area contributed by atoms with Gasteiger partial charge in [-0.3, -0.25) is 0 Å². The van der Waals surface area contributed by atoms with Gasteiger partial charge in [-0.1, -0.05) is 25.1 Å². The molecule has 1 fully saturated rings. The van der Waals surface area contributed by atoms with Crippen LogP contribution in [0.15, 0.2) is 24.3 Å². The van der Waals surface area contributed by atoms with Gasteiger partial charge in [-0.25, -0.2) is 0 Å². The van der Waals surface area contributed by atoms with E-state index < -0.39 is 0 Å². The molecule has 106 valence electrons. The summed E-state index contributed by atoms with van der Waals surface area (Å²) in [4.78, 5) is 0. The first-order valence-corrected chi connectivity index (χ1v) is 8.17. The molecule has 0 aliphatic carbocycles. The SMILES string of the molecule is CCC(NCC1(C)CCCS1)c1ccccc1OC. The lowest BCUT2D eigenvalue weighted by molar-refractivity contribution is 0.392. The normalized spacial score (nSPS) is 24.4. The summed E-state index contributed by atoms with van der Waals surface area (Å²) in [5.41, 5.74) is 1.28. The number of thioether (sulfide) groups is 1. The largest absolute Gasteiger partial charge is 0.496 e. The number of hydrogen-bond acceptors (Lipinski definition) is 3. The number of rotatable bonds is 6. The van der Waals surface area contributed by atoms with E-state index >= 15 is 0 Å². The van der Waals surface area contributed by atoms with Gasteiger partial charge in [-0.2, -0.15) is 11.8 Å². The third-order valence-corrected chi connectivity index (χ3v) is 5.48. The van der Waals surface area contributed by atoms with Crippen molar-refractivity contribution in [2.75, 3.05) is 19.4 Å². The van der Waals surface area contributed by atoms with Crippen LogP contribution >= 0.6 is 11.8 Å². The number of hydrogen-bond donors (Lipinski definition) is 1. The molecule has 0 spiro atoms. The summed E-state index contributed by atoms with van der Waals surface area (Å²) in [6, 6.07) is 8.72. The van der Waals surface area contributed by atoms with Crippen LogP contribution in [0.5, 0.6) is 5.75 Å². The number of para-hydroxylation sites is 1. The van der Waals surface area contributed by atoms with Crippen molar-refractivity contribution in [3.05, 3.63) is 29.8 Å². The number of methoxy groups -OCH3 is 1. The summed E-state index contributed by atoms with van der Waals surface area (Å²) in [5, 5.41) is 3.74. The molecular weight excluding hydrogens is 254 g/mol. The minimum Gasteiger partial charge on any atom is -0.496 e. The predicted molar refractivity (Wildman–Crippen MR) is 84.1 cm³/mol. The van der Waals surface area contributed by atoms with Crippen molar-refractivity contribution < 1.29 is 4.74 Å². The van der Waals surface area contributed by atoms with E-state index in [4.69, 9.17) is 4.74 Å². The molecule has 1 N–H and O–H groups in total. The smallest absolute Gasteiger partial charge is 0.123 e. The Balaban J connectivity index is 2.03. The van der Waals surface area contributed by atoms with E-state index in [1.54, 1.807) is 7.11 Å². The van der Waals surface area contributed by atoms with Crippen LogP contribution in [-0.4, -0.2) is 24.2 Å². The second-order valence-electron chi connectivity index (χ2n) is 5.49. The first-order valence-electron chi connectivity index (χ1n) is 7.19. The summed E-state index contributed by atoms with van der Waals surface area (Å²) < 4.78 is 5.89. The molecule has 0 aromatic heterocycles. The van der Waals surface area contributed by atoms with Crippen LogP contribution in [0, 0.1) is 0 Å². The van der Waals surface area contributed by atoms with Crippen LogP contribution in [0.4, 0.5) is 0 Å². The molecule has 2 atom stereocenters. The average Bonchev–Trinajstić information content (AvgIpc) is 2.87. The molecular formula is C16H25NOS. The Hall–Kier alpha value is -0.670. The van der Waals surface area contributed by atoms with Gasteiger partial charge in [0, 0.05) is 22.9 Å². The van der Waals surface area contributed by atoms with Crippen molar-refractivity contribution in [3.8, 4) is 5.75 Å². The van der Waals surface area contributed by atoms with Crippen molar-refractivity contribution >= 4 is 11.8 Å². The Labute approximate surface area is 121 Å². The Morgan fingerprint density at radius 2 is 2.21 bits per heavy atom. The lowest BCUT2D eigenvalue weighted by Gasteiger charge is -2.27. The highest BCUT2D eigenvalue weighted by Gasteiger charge is 2.30. The summed E-state index contributed by atoms with van der Waals surface area (Å²) in [5.74, 6) is 2.30. The van der Waals surface area contributed by atoms with Crippen molar-refractivity contribution in [1.82, 2.24) is 5.32 Å². The Morgan fingerprint density at radius 3 is 2.84 bits per heavy atom. The van der Waals surface area contributed by atoms with E-state index in [9.17, 15) is 0 Å². The molecule has 3 heteroatoms. The molecule has 2 nitrogen and oxygen atoms in total. The van der Waals surface area contributed by atoms with E-state index in [1.807, 2.05) is 12.1 Å². The fourth-order valence-corrected chi connectivity index (χ4v) is 4.00. The van der Waals surface area contributed by atoms with Crippen molar-refractivity contribution in [2.24, 2.45) is 0 Å². The summed E-state index contributed by atoms with van der Waals surface area (Å²) in [6.07, 6.45) is 3.77. The second kappa shape index (κ2) is 6.67. The monoisotopic (exact) mass is 279 g/mol. The third-order valence-electron chi connectivity index (χ3n) is 3.95. The topological polar surface area (TPSA) is 21.3 Å². The van der Waals surface area contributed by atoms with Gasteiger partial charge in [0.15, 0.2) is 0 Å². The van der Waals surface area contributed by atoms with Gasteiger partial charge in [0.1, 0.15) is 5.75 Å². The number of nitrogens with one attached hydrogen (secondary N) is 1. The standard InChI is InChI=1S/C16H25NOS/c1-4-14(13-8-5-6-9-15(13)18-3)17-12-16(2)10-7-11-19-16/h5-6,8-9,14,17H,4,7,10-12H2,1-3H3. The maximum absolute atomic E-state index is 5.48. The zero-order valence-corrected chi connectivity index (χ0v) is 13.1. The van der Waals surface area contributed by atoms with Gasteiger partial charge >= 0.3 is 0 Å². The molecule has 1 saturated heterocycles. The van der Waals surface area contributed by atoms with Crippen molar-refractivity contribution in [2.45, 2.75) is 43.9 Å². The van der Waals surface area contributed by atoms with Gasteiger partial charge in [-0.15, -0.1) is 0 Å². The summed E-state index contributed by atoms with van der Waals surface area (Å²) >= 11 is 2.11. The molecule has 1 aliphatic rings. The quantitative estimate of drug-likeness (QED) is 0.849. The number of benzene rings is 1. The molecule has 0 bridgehead atoms. The maximum atomic E-state index is 5.48. The fourth-order valence-electron chi connectivity index (χ4n) is 2.74. The lowest BCUT2D eigenvalue weighted by atomic mass is 10.0.